The van der Waals surface area contributed by atoms with Gasteiger partial charge in [-0.1, -0.05) is 25.1 Å². The van der Waals surface area contributed by atoms with Crippen LogP contribution in [0.2, 0.25) is 0 Å². The zero-order valence-corrected chi connectivity index (χ0v) is 18.7. The summed E-state index contributed by atoms with van der Waals surface area (Å²) in [5.74, 6) is 1.24. The Bertz CT molecular complexity index is 1010. The monoisotopic (exact) mass is 447 g/mol. The Morgan fingerprint density at radius 1 is 0.758 bits per heavy atom. The van der Waals surface area contributed by atoms with Crippen LogP contribution < -0.4 is 25.4 Å². The molecule has 7 heteroatoms. The van der Waals surface area contributed by atoms with Crippen molar-refractivity contribution >= 4 is 23.2 Å². The van der Waals surface area contributed by atoms with Crippen LogP contribution in [0, 0.1) is 0 Å². The van der Waals surface area contributed by atoms with E-state index >= 15 is 0 Å². The van der Waals surface area contributed by atoms with E-state index in [2.05, 4.69) is 16.0 Å². The normalized spacial score (nSPS) is 10.2. The van der Waals surface area contributed by atoms with Crippen LogP contribution in [0.3, 0.4) is 0 Å². The van der Waals surface area contributed by atoms with E-state index in [1.165, 1.54) is 0 Å². The summed E-state index contributed by atoms with van der Waals surface area (Å²) in [6.45, 7) is 3.64. The molecule has 0 aromatic heterocycles. The molecule has 2 amide bonds. The lowest BCUT2D eigenvalue weighted by molar-refractivity contribution is -0.114. The Labute approximate surface area is 194 Å². The van der Waals surface area contributed by atoms with Crippen LogP contribution in [0.5, 0.6) is 11.5 Å². The molecule has 3 N–H and O–H groups in total. The van der Waals surface area contributed by atoms with E-state index in [1.807, 2.05) is 61.5 Å². The summed E-state index contributed by atoms with van der Waals surface area (Å²) in [7, 11) is 0. The highest BCUT2D eigenvalue weighted by molar-refractivity contribution is 5.96. The fraction of sp³-hybridized carbons (Fsp3) is 0.231. The van der Waals surface area contributed by atoms with Gasteiger partial charge in [0.05, 0.1) is 6.54 Å². The lowest BCUT2D eigenvalue weighted by atomic mass is 10.2. The van der Waals surface area contributed by atoms with Crippen LogP contribution in [-0.2, 0) is 4.79 Å². The van der Waals surface area contributed by atoms with Gasteiger partial charge in [0.1, 0.15) is 24.7 Å². The number of hydrogen-bond donors (Lipinski definition) is 3. The molecule has 0 aliphatic rings. The van der Waals surface area contributed by atoms with Gasteiger partial charge in [-0.3, -0.25) is 9.59 Å². The number of rotatable bonds is 12. The first-order chi connectivity index (χ1) is 16.1. The van der Waals surface area contributed by atoms with Crippen molar-refractivity contribution in [2.75, 3.05) is 36.9 Å². The van der Waals surface area contributed by atoms with Crippen molar-refractivity contribution < 1.29 is 19.1 Å². The van der Waals surface area contributed by atoms with Gasteiger partial charge in [-0.25, -0.2) is 0 Å². The second-order valence-corrected chi connectivity index (χ2v) is 7.27. The molecule has 0 bridgehead atoms. The van der Waals surface area contributed by atoms with Crippen LogP contribution in [0.4, 0.5) is 11.4 Å². The number of hydrogen-bond acceptors (Lipinski definition) is 5. The highest BCUT2D eigenvalue weighted by atomic mass is 16.5. The lowest BCUT2D eigenvalue weighted by Gasteiger charge is -2.10. The second-order valence-electron chi connectivity index (χ2n) is 7.27. The molecule has 0 saturated carbocycles. The predicted octanol–water partition coefficient (Wildman–Crippen LogP) is 4.33. The van der Waals surface area contributed by atoms with Gasteiger partial charge in [0, 0.05) is 23.5 Å². The molecule has 7 nitrogen and oxygen atoms in total. The summed E-state index contributed by atoms with van der Waals surface area (Å²) in [6, 6.07) is 23.8. The molecule has 0 atom stereocenters. The molecule has 0 saturated heterocycles. The number of benzene rings is 3. The van der Waals surface area contributed by atoms with Crippen LogP contribution in [0.15, 0.2) is 78.9 Å². The van der Waals surface area contributed by atoms with E-state index < -0.39 is 0 Å². The number of carbonyl (C=O) groups is 2. The molecule has 3 aromatic carbocycles. The number of anilines is 2. The fourth-order valence-corrected chi connectivity index (χ4v) is 2.94. The number of carbonyl (C=O) groups excluding carboxylic acids is 2. The minimum atomic E-state index is -0.184. The van der Waals surface area contributed by atoms with E-state index in [9.17, 15) is 9.59 Å². The molecule has 0 radical (unpaired) electrons. The maximum absolute atomic E-state index is 12.2. The van der Waals surface area contributed by atoms with Crippen molar-refractivity contribution in [2.45, 2.75) is 13.3 Å². The molecule has 0 unspecified atom stereocenters. The average molecular weight is 448 g/mol. The Morgan fingerprint density at radius 3 is 2.00 bits per heavy atom. The minimum Gasteiger partial charge on any atom is -0.490 e. The van der Waals surface area contributed by atoms with Gasteiger partial charge in [0.2, 0.25) is 5.91 Å². The van der Waals surface area contributed by atoms with Gasteiger partial charge in [0.25, 0.3) is 5.91 Å². The molecule has 0 fully saturated rings. The summed E-state index contributed by atoms with van der Waals surface area (Å²) < 4.78 is 11.3. The largest absolute Gasteiger partial charge is 0.490 e. The highest BCUT2D eigenvalue weighted by Gasteiger charge is 2.06. The van der Waals surface area contributed by atoms with Crippen molar-refractivity contribution in [3.63, 3.8) is 0 Å². The average Bonchev–Trinajstić information content (AvgIpc) is 2.85. The molecule has 0 aliphatic carbocycles. The minimum absolute atomic E-state index is 0.115. The van der Waals surface area contributed by atoms with Crippen molar-refractivity contribution in [1.82, 2.24) is 5.32 Å². The van der Waals surface area contributed by atoms with Crippen LogP contribution in [-0.4, -0.2) is 38.1 Å². The Morgan fingerprint density at radius 2 is 1.36 bits per heavy atom. The first-order valence-electron chi connectivity index (χ1n) is 11.0. The molecular formula is C26H29N3O4. The molecule has 3 rings (SSSR count). The number of ether oxygens (including phenoxy) is 2. The third-order valence-electron chi connectivity index (χ3n) is 4.64. The Balaban J connectivity index is 1.36. The van der Waals surface area contributed by atoms with E-state index in [-0.39, 0.29) is 18.4 Å². The summed E-state index contributed by atoms with van der Waals surface area (Å²) >= 11 is 0. The van der Waals surface area contributed by atoms with Crippen molar-refractivity contribution in [3.05, 3.63) is 84.4 Å². The third-order valence-corrected chi connectivity index (χ3v) is 4.64. The zero-order valence-electron chi connectivity index (χ0n) is 18.7. The van der Waals surface area contributed by atoms with Gasteiger partial charge in [-0.15, -0.1) is 0 Å². The molecular weight excluding hydrogens is 418 g/mol. The predicted molar refractivity (Wildman–Crippen MR) is 130 cm³/mol. The molecule has 3 aromatic rings. The summed E-state index contributed by atoms with van der Waals surface area (Å²) in [5, 5.41) is 8.71. The van der Waals surface area contributed by atoms with Crippen LogP contribution in [0.1, 0.15) is 23.7 Å². The fourth-order valence-electron chi connectivity index (χ4n) is 2.94. The van der Waals surface area contributed by atoms with E-state index in [1.54, 1.807) is 24.3 Å². The number of para-hydroxylation sites is 1. The van der Waals surface area contributed by atoms with Crippen LogP contribution >= 0.6 is 0 Å². The summed E-state index contributed by atoms with van der Waals surface area (Å²) in [6.07, 6.45) is 0.881. The first-order valence-corrected chi connectivity index (χ1v) is 11.0. The van der Waals surface area contributed by atoms with Gasteiger partial charge in [-0.05, 0) is 67.1 Å². The second kappa shape index (κ2) is 12.8. The summed E-state index contributed by atoms with van der Waals surface area (Å²) in [4.78, 5) is 24.1. The highest BCUT2D eigenvalue weighted by Crippen LogP contribution is 2.16. The zero-order chi connectivity index (χ0) is 23.3. The quantitative estimate of drug-likeness (QED) is 0.360. The summed E-state index contributed by atoms with van der Waals surface area (Å²) in [5.41, 5.74) is 2.00. The lowest BCUT2D eigenvalue weighted by Crippen LogP contribution is -2.24. The smallest absolute Gasteiger partial charge is 0.251 e. The Hall–Kier alpha value is -4.00. The van der Waals surface area contributed by atoms with Crippen LogP contribution in [0.25, 0.3) is 0 Å². The van der Waals surface area contributed by atoms with Gasteiger partial charge < -0.3 is 25.4 Å². The Kier molecular flexibility index (Phi) is 9.15. The van der Waals surface area contributed by atoms with E-state index in [0.717, 1.165) is 23.6 Å². The number of amides is 2. The molecule has 0 heterocycles. The van der Waals surface area contributed by atoms with Crippen molar-refractivity contribution in [2.24, 2.45) is 0 Å². The molecule has 0 aliphatic heterocycles. The van der Waals surface area contributed by atoms with Crippen molar-refractivity contribution in [1.29, 1.82) is 0 Å². The SMILES string of the molecule is CCCNC(=O)c1ccc(NC(=O)CNc2ccc(OCCOc3ccccc3)cc2)cc1. The number of nitrogens with one attached hydrogen (secondary N) is 3. The third kappa shape index (κ3) is 8.22. The maximum atomic E-state index is 12.2. The molecule has 33 heavy (non-hydrogen) atoms. The van der Waals surface area contributed by atoms with Gasteiger partial charge in [-0.2, -0.15) is 0 Å². The maximum Gasteiger partial charge on any atom is 0.251 e. The van der Waals surface area contributed by atoms with Crippen molar-refractivity contribution in [3.8, 4) is 11.5 Å². The van der Waals surface area contributed by atoms with Gasteiger partial charge in [0.15, 0.2) is 0 Å². The van der Waals surface area contributed by atoms with E-state index in [0.29, 0.717) is 31.0 Å². The molecule has 0 spiro atoms. The van der Waals surface area contributed by atoms with E-state index in [4.69, 9.17) is 9.47 Å². The standard InChI is InChI=1S/C26H29N3O4/c1-2-16-27-26(31)20-8-10-22(11-9-20)29-25(30)19-28-21-12-14-24(15-13-21)33-18-17-32-23-6-4-3-5-7-23/h3-15,28H,2,16-19H2,1H3,(H,27,31)(H,29,30). The molecule has 172 valence electrons. The topological polar surface area (TPSA) is 88.7 Å². The van der Waals surface area contributed by atoms with Gasteiger partial charge >= 0.3 is 0 Å². The first kappa shape index (κ1) is 23.7.